The Labute approximate surface area is 124 Å². The third-order valence-electron chi connectivity index (χ3n) is 4.41. The van der Waals surface area contributed by atoms with E-state index in [0.717, 1.165) is 19.1 Å². The van der Waals surface area contributed by atoms with Crippen molar-refractivity contribution in [3.05, 3.63) is 34.3 Å². The van der Waals surface area contributed by atoms with Gasteiger partial charge in [0.05, 0.1) is 6.10 Å². The normalized spacial score (nSPS) is 30.3. The summed E-state index contributed by atoms with van der Waals surface area (Å²) in [6, 6.07) is 9.32. The van der Waals surface area contributed by atoms with E-state index in [1.54, 1.807) is 0 Å². The van der Waals surface area contributed by atoms with Gasteiger partial charge in [0.15, 0.2) is 0 Å². The van der Waals surface area contributed by atoms with Crippen LogP contribution in [0, 0.1) is 0 Å². The van der Waals surface area contributed by atoms with Crippen LogP contribution in [-0.2, 0) is 4.74 Å². The van der Waals surface area contributed by atoms with Gasteiger partial charge in [-0.2, -0.15) is 0 Å². The zero-order valence-corrected chi connectivity index (χ0v) is 12.9. The molecule has 0 aromatic heterocycles. The van der Waals surface area contributed by atoms with E-state index in [-0.39, 0.29) is 0 Å². The summed E-state index contributed by atoms with van der Waals surface area (Å²) in [5.74, 6) is 0.732. The SMILES string of the molecule is Brc1ccccc1C1CC(NCCC2CCCO2)C1. The summed E-state index contributed by atoms with van der Waals surface area (Å²) in [4.78, 5) is 0. The zero-order valence-electron chi connectivity index (χ0n) is 11.3. The molecule has 0 radical (unpaired) electrons. The quantitative estimate of drug-likeness (QED) is 0.888. The smallest absolute Gasteiger partial charge is 0.0588 e. The van der Waals surface area contributed by atoms with Crippen LogP contribution in [0.3, 0.4) is 0 Å². The standard InChI is InChI=1S/C16H22BrNO/c17-16-6-2-1-5-15(16)12-10-13(11-12)18-8-7-14-4-3-9-19-14/h1-2,5-6,12-14,18H,3-4,7-11H2. The predicted octanol–water partition coefficient (Wildman–Crippen LogP) is 3.85. The monoisotopic (exact) mass is 323 g/mol. The maximum atomic E-state index is 5.65. The molecule has 2 fully saturated rings. The Balaban J connectivity index is 1.37. The maximum Gasteiger partial charge on any atom is 0.0588 e. The highest BCUT2D eigenvalue weighted by molar-refractivity contribution is 9.10. The average Bonchev–Trinajstić information content (AvgIpc) is 2.87. The van der Waals surface area contributed by atoms with E-state index in [2.05, 4.69) is 45.5 Å². The zero-order chi connectivity index (χ0) is 13.1. The minimum atomic E-state index is 0.520. The predicted molar refractivity (Wildman–Crippen MR) is 81.5 cm³/mol. The molecule has 1 aliphatic heterocycles. The molecule has 0 bridgehead atoms. The molecule has 0 amide bonds. The Kier molecular flexibility index (Phi) is 4.57. The van der Waals surface area contributed by atoms with Crippen molar-refractivity contribution in [3.8, 4) is 0 Å². The second-order valence-electron chi connectivity index (χ2n) is 5.76. The van der Waals surface area contributed by atoms with Crippen molar-refractivity contribution in [2.75, 3.05) is 13.2 Å². The minimum Gasteiger partial charge on any atom is -0.378 e. The van der Waals surface area contributed by atoms with Crippen molar-refractivity contribution >= 4 is 15.9 Å². The van der Waals surface area contributed by atoms with Gasteiger partial charge in [-0.3, -0.25) is 0 Å². The lowest BCUT2D eigenvalue weighted by molar-refractivity contribution is 0.102. The van der Waals surface area contributed by atoms with E-state index in [1.165, 1.54) is 42.1 Å². The molecule has 1 saturated carbocycles. The molecule has 2 nitrogen and oxygen atoms in total. The summed E-state index contributed by atoms with van der Waals surface area (Å²) in [6.07, 6.45) is 6.74. The lowest BCUT2D eigenvalue weighted by atomic mass is 9.76. The van der Waals surface area contributed by atoms with Crippen molar-refractivity contribution in [1.82, 2.24) is 5.32 Å². The van der Waals surface area contributed by atoms with Crippen molar-refractivity contribution in [2.24, 2.45) is 0 Å². The number of halogens is 1. The van der Waals surface area contributed by atoms with Gasteiger partial charge in [-0.25, -0.2) is 0 Å². The van der Waals surface area contributed by atoms with Gasteiger partial charge < -0.3 is 10.1 Å². The van der Waals surface area contributed by atoms with E-state index < -0.39 is 0 Å². The highest BCUT2D eigenvalue weighted by atomic mass is 79.9. The second kappa shape index (κ2) is 6.38. The van der Waals surface area contributed by atoms with Gasteiger partial charge in [0, 0.05) is 17.1 Å². The lowest BCUT2D eigenvalue weighted by Gasteiger charge is -2.37. The number of rotatable bonds is 5. The summed E-state index contributed by atoms with van der Waals surface area (Å²) in [7, 11) is 0. The Bertz CT molecular complexity index is 411. The van der Waals surface area contributed by atoms with E-state index in [0.29, 0.717) is 12.1 Å². The molecule has 2 aliphatic rings. The van der Waals surface area contributed by atoms with Crippen LogP contribution >= 0.6 is 15.9 Å². The van der Waals surface area contributed by atoms with Crippen LogP contribution < -0.4 is 5.32 Å². The van der Waals surface area contributed by atoms with Crippen molar-refractivity contribution in [3.63, 3.8) is 0 Å². The Hall–Kier alpha value is -0.380. The van der Waals surface area contributed by atoms with Crippen molar-refractivity contribution in [2.45, 2.75) is 50.2 Å². The number of hydrogen-bond donors (Lipinski definition) is 1. The first kappa shape index (κ1) is 13.6. The minimum absolute atomic E-state index is 0.520. The molecule has 1 aromatic rings. The van der Waals surface area contributed by atoms with Gasteiger partial charge in [0.25, 0.3) is 0 Å². The number of ether oxygens (including phenoxy) is 1. The van der Waals surface area contributed by atoms with Crippen LogP contribution in [0.25, 0.3) is 0 Å². The van der Waals surface area contributed by atoms with Gasteiger partial charge in [-0.1, -0.05) is 34.1 Å². The first-order valence-corrected chi connectivity index (χ1v) is 8.21. The maximum absolute atomic E-state index is 5.65. The molecular formula is C16H22BrNO. The molecule has 3 heteroatoms. The topological polar surface area (TPSA) is 21.3 Å². The van der Waals surface area contributed by atoms with Crippen molar-refractivity contribution < 1.29 is 4.74 Å². The molecule has 0 spiro atoms. The van der Waals surface area contributed by atoms with Crippen molar-refractivity contribution in [1.29, 1.82) is 0 Å². The molecule has 1 N–H and O–H groups in total. The van der Waals surface area contributed by atoms with Gasteiger partial charge in [0.1, 0.15) is 0 Å². The van der Waals surface area contributed by atoms with Gasteiger partial charge in [-0.05, 0) is 56.2 Å². The van der Waals surface area contributed by atoms with E-state index in [4.69, 9.17) is 4.74 Å². The average molecular weight is 324 g/mol. The molecule has 19 heavy (non-hydrogen) atoms. The molecule has 1 unspecified atom stereocenters. The Morgan fingerprint density at radius 1 is 1.26 bits per heavy atom. The fourth-order valence-corrected chi connectivity index (χ4v) is 3.77. The number of hydrogen-bond acceptors (Lipinski definition) is 2. The second-order valence-corrected chi connectivity index (χ2v) is 6.62. The van der Waals surface area contributed by atoms with E-state index in [9.17, 15) is 0 Å². The summed E-state index contributed by atoms with van der Waals surface area (Å²) < 4.78 is 6.91. The van der Waals surface area contributed by atoms with Crippen LogP contribution in [0.2, 0.25) is 0 Å². The third-order valence-corrected chi connectivity index (χ3v) is 5.13. The van der Waals surface area contributed by atoms with Crippen LogP contribution in [-0.4, -0.2) is 25.3 Å². The van der Waals surface area contributed by atoms with Crippen LogP contribution in [0.15, 0.2) is 28.7 Å². The fourth-order valence-electron chi connectivity index (χ4n) is 3.17. The molecular weight excluding hydrogens is 302 g/mol. The van der Waals surface area contributed by atoms with Gasteiger partial charge in [-0.15, -0.1) is 0 Å². The van der Waals surface area contributed by atoms with E-state index >= 15 is 0 Å². The third kappa shape index (κ3) is 3.39. The van der Waals surface area contributed by atoms with E-state index in [1.807, 2.05) is 0 Å². The number of benzene rings is 1. The summed E-state index contributed by atoms with van der Waals surface area (Å²) in [6.45, 7) is 2.08. The first-order valence-electron chi connectivity index (χ1n) is 7.42. The Morgan fingerprint density at radius 3 is 2.84 bits per heavy atom. The molecule has 1 atom stereocenters. The lowest BCUT2D eigenvalue weighted by Crippen LogP contribution is -2.41. The Morgan fingerprint density at radius 2 is 2.11 bits per heavy atom. The molecule has 1 aromatic carbocycles. The summed E-state index contributed by atoms with van der Waals surface area (Å²) >= 11 is 3.65. The largest absolute Gasteiger partial charge is 0.378 e. The van der Waals surface area contributed by atoms with Gasteiger partial charge >= 0.3 is 0 Å². The highest BCUT2D eigenvalue weighted by Gasteiger charge is 2.30. The van der Waals surface area contributed by atoms with Gasteiger partial charge in [0.2, 0.25) is 0 Å². The molecule has 104 valence electrons. The fraction of sp³-hybridized carbons (Fsp3) is 0.625. The highest BCUT2D eigenvalue weighted by Crippen LogP contribution is 2.39. The molecule has 1 heterocycles. The first-order chi connectivity index (χ1) is 9.33. The molecule has 1 aliphatic carbocycles. The van der Waals surface area contributed by atoms with Crippen LogP contribution in [0.1, 0.15) is 43.6 Å². The molecule has 1 saturated heterocycles. The number of nitrogens with one attached hydrogen (secondary N) is 1. The summed E-state index contributed by atoms with van der Waals surface area (Å²) in [5, 5.41) is 3.67. The molecule has 3 rings (SSSR count). The van der Waals surface area contributed by atoms with Crippen LogP contribution in [0.4, 0.5) is 0 Å². The summed E-state index contributed by atoms with van der Waals surface area (Å²) in [5.41, 5.74) is 1.47. The van der Waals surface area contributed by atoms with Crippen LogP contribution in [0.5, 0.6) is 0 Å².